The molecule has 0 bridgehead atoms. The average Bonchev–Trinajstić information content (AvgIpc) is 2.55. The van der Waals surface area contributed by atoms with Gasteiger partial charge in [0.25, 0.3) is 0 Å². The number of nitrogens with one attached hydrogen (secondary N) is 2. The van der Waals surface area contributed by atoms with Crippen molar-refractivity contribution in [1.29, 1.82) is 0 Å². The summed E-state index contributed by atoms with van der Waals surface area (Å²) in [7, 11) is 0. The normalized spacial score (nSPS) is 10.5. The van der Waals surface area contributed by atoms with E-state index < -0.39 is 0 Å². The second kappa shape index (κ2) is 6.66. The Balaban J connectivity index is 1.81. The summed E-state index contributed by atoms with van der Waals surface area (Å²) in [5.41, 5.74) is 6.79. The van der Waals surface area contributed by atoms with Crippen molar-refractivity contribution >= 4 is 23.1 Å². The van der Waals surface area contributed by atoms with E-state index in [2.05, 4.69) is 83.8 Å². The van der Waals surface area contributed by atoms with Gasteiger partial charge < -0.3 is 10.6 Å². The molecule has 0 aliphatic carbocycles. The molecular weight excluding hydrogens is 298 g/mol. The zero-order valence-electron chi connectivity index (χ0n) is 14.4. The van der Waals surface area contributed by atoms with Gasteiger partial charge in [-0.2, -0.15) is 10.1 Å². The number of anilines is 4. The Bertz CT molecular complexity index is 873. The Morgan fingerprint density at radius 2 is 1.58 bits per heavy atom. The highest BCUT2D eigenvalue weighted by molar-refractivity contribution is 5.62. The quantitative estimate of drug-likeness (QED) is 0.736. The fourth-order valence-corrected chi connectivity index (χ4v) is 2.37. The molecule has 0 spiro atoms. The molecule has 5 heteroatoms. The maximum Gasteiger partial charge on any atom is 0.249 e. The largest absolute Gasteiger partial charge is 0.339 e. The van der Waals surface area contributed by atoms with Gasteiger partial charge in [0.1, 0.15) is 0 Å². The van der Waals surface area contributed by atoms with Crippen LogP contribution in [0.25, 0.3) is 0 Å². The lowest BCUT2D eigenvalue weighted by atomic mass is 10.1. The molecule has 0 saturated carbocycles. The van der Waals surface area contributed by atoms with Gasteiger partial charge in [-0.1, -0.05) is 18.2 Å². The molecule has 2 aromatic carbocycles. The lowest BCUT2D eigenvalue weighted by molar-refractivity contribution is 0.982. The summed E-state index contributed by atoms with van der Waals surface area (Å²) in [5.74, 6) is 1.12. The van der Waals surface area contributed by atoms with Crippen molar-refractivity contribution < 1.29 is 0 Å². The van der Waals surface area contributed by atoms with Gasteiger partial charge in [0, 0.05) is 11.4 Å². The van der Waals surface area contributed by atoms with Crippen LogP contribution in [-0.2, 0) is 0 Å². The molecule has 0 aliphatic rings. The summed E-state index contributed by atoms with van der Waals surface area (Å²) in [6.45, 7) is 8.30. The maximum absolute atomic E-state index is 4.49. The standard InChI is InChI=1S/C19H21N5/c1-12-5-6-14(3)17(9-12)22-18-11-20-24-19(23-18)21-16-8-7-13(2)15(4)10-16/h5-11H,1-4H3,(H2,21,22,23,24). The zero-order chi connectivity index (χ0) is 17.1. The average molecular weight is 319 g/mol. The first-order chi connectivity index (χ1) is 11.5. The second-order valence-corrected chi connectivity index (χ2v) is 6.03. The summed E-state index contributed by atoms with van der Waals surface area (Å²) < 4.78 is 0. The summed E-state index contributed by atoms with van der Waals surface area (Å²) in [5, 5.41) is 14.6. The van der Waals surface area contributed by atoms with Crippen molar-refractivity contribution in [2.24, 2.45) is 0 Å². The first-order valence-electron chi connectivity index (χ1n) is 7.89. The molecule has 1 heterocycles. The molecule has 0 aliphatic heterocycles. The van der Waals surface area contributed by atoms with E-state index in [0.29, 0.717) is 11.8 Å². The first-order valence-corrected chi connectivity index (χ1v) is 7.89. The topological polar surface area (TPSA) is 62.7 Å². The highest BCUT2D eigenvalue weighted by Crippen LogP contribution is 2.22. The van der Waals surface area contributed by atoms with Crippen LogP contribution in [0.1, 0.15) is 22.3 Å². The van der Waals surface area contributed by atoms with Crippen molar-refractivity contribution in [2.45, 2.75) is 27.7 Å². The number of nitrogens with zero attached hydrogens (tertiary/aromatic N) is 3. The summed E-state index contributed by atoms with van der Waals surface area (Å²) >= 11 is 0. The maximum atomic E-state index is 4.49. The van der Waals surface area contributed by atoms with Crippen LogP contribution in [-0.4, -0.2) is 15.2 Å². The summed E-state index contributed by atoms with van der Waals surface area (Å²) in [6.07, 6.45) is 1.62. The smallest absolute Gasteiger partial charge is 0.249 e. The molecule has 3 aromatic rings. The third-order valence-electron chi connectivity index (χ3n) is 3.98. The molecule has 24 heavy (non-hydrogen) atoms. The van der Waals surface area contributed by atoms with Crippen LogP contribution in [0, 0.1) is 27.7 Å². The Kier molecular flexibility index (Phi) is 4.42. The predicted molar refractivity (Wildman–Crippen MR) is 98.2 cm³/mol. The number of benzene rings is 2. The van der Waals surface area contributed by atoms with Gasteiger partial charge in [-0.3, -0.25) is 0 Å². The lowest BCUT2D eigenvalue weighted by Crippen LogP contribution is -2.03. The Morgan fingerprint density at radius 3 is 2.38 bits per heavy atom. The molecule has 2 N–H and O–H groups in total. The third-order valence-corrected chi connectivity index (χ3v) is 3.98. The molecule has 0 saturated heterocycles. The van der Waals surface area contributed by atoms with E-state index in [1.165, 1.54) is 16.7 Å². The van der Waals surface area contributed by atoms with Crippen molar-refractivity contribution in [1.82, 2.24) is 15.2 Å². The second-order valence-electron chi connectivity index (χ2n) is 6.03. The SMILES string of the molecule is Cc1ccc(C)c(Nc2cnnc(Nc3ccc(C)c(C)c3)n2)c1. The minimum absolute atomic E-state index is 0.466. The van der Waals surface area contributed by atoms with Crippen LogP contribution in [0.3, 0.4) is 0 Å². The molecule has 0 fully saturated rings. The van der Waals surface area contributed by atoms with E-state index in [1.54, 1.807) is 6.20 Å². The number of rotatable bonds is 4. The molecule has 122 valence electrons. The van der Waals surface area contributed by atoms with Crippen LogP contribution < -0.4 is 10.6 Å². The van der Waals surface area contributed by atoms with Gasteiger partial charge in [0.05, 0.1) is 6.20 Å². The Hall–Kier alpha value is -2.95. The molecule has 0 atom stereocenters. The van der Waals surface area contributed by atoms with Gasteiger partial charge >= 0.3 is 0 Å². The zero-order valence-corrected chi connectivity index (χ0v) is 14.4. The van der Waals surface area contributed by atoms with E-state index >= 15 is 0 Å². The van der Waals surface area contributed by atoms with Crippen LogP contribution in [0.2, 0.25) is 0 Å². The van der Waals surface area contributed by atoms with Gasteiger partial charge in [-0.05, 0) is 68.1 Å². The van der Waals surface area contributed by atoms with Gasteiger partial charge in [-0.25, -0.2) is 0 Å². The minimum Gasteiger partial charge on any atom is -0.339 e. The van der Waals surface area contributed by atoms with E-state index in [-0.39, 0.29) is 0 Å². The van der Waals surface area contributed by atoms with Crippen molar-refractivity contribution in [3.05, 3.63) is 64.8 Å². The van der Waals surface area contributed by atoms with Gasteiger partial charge in [-0.15, -0.1) is 5.10 Å². The van der Waals surface area contributed by atoms with E-state index in [0.717, 1.165) is 16.9 Å². The van der Waals surface area contributed by atoms with Crippen LogP contribution in [0.5, 0.6) is 0 Å². The van der Waals surface area contributed by atoms with E-state index in [1.807, 2.05) is 6.07 Å². The fraction of sp³-hybridized carbons (Fsp3) is 0.211. The highest BCUT2D eigenvalue weighted by Gasteiger charge is 2.05. The van der Waals surface area contributed by atoms with E-state index in [9.17, 15) is 0 Å². The molecule has 0 amide bonds. The third kappa shape index (κ3) is 3.68. The fourth-order valence-electron chi connectivity index (χ4n) is 2.37. The number of aryl methyl sites for hydroxylation is 4. The predicted octanol–water partition coefficient (Wildman–Crippen LogP) is 4.59. The monoisotopic (exact) mass is 319 g/mol. The lowest BCUT2D eigenvalue weighted by Gasteiger charge is -2.11. The number of hydrogen-bond donors (Lipinski definition) is 2. The van der Waals surface area contributed by atoms with Crippen molar-refractivity contribution in [3.63, 3.8) is 0 Å². The molecule has 1 aromatic heterocycles. The highest BCUT2D eigenvalue weighted by atomic mass is 15.3. The van der Waals surface area contributed by atoms with Crippen LogP contribution >= 0.6 is 0 Å². The van der Waals surface area contributed by atoms with Gasteiger partial charge in [0.2, 0.25) is 5.95 Å². The van der Waals surface area contributed by atoms with Crippen LogP contribution in [0.4, 0.5) is 23.1 Å². The van der Waals surface area contributed by atoms with E-state index in [4.69, 9.17) is 0 Å². The first kappa shape index (κ1) is 15.9. The van der Waals surface area contributed by atoms with Crippen molar-refractivity contribution in [2.75, 3.05) is 10.6 Å². The number of hydrogen-bond acceptors (Lipinski definition) is 5. The Morgan fingerprint density at radius 1 is 0.792 bits per heavy atom. The summed E-state index contributed by atoms with van der Waals surface area (Å²) in [6, 6.07) is 12.4. The molecule has 3 rings (SSSR count). The molecule has 0 radical (unpaired) electrons. The van der Waals surface area contributed by atoms with Crippen molar-refractivity contribution in [3.8, 4) is 0 Å². The minimum atomic E-state index is 0.466. The van der Waals surface area contributed by atoms with Crippen LogP contribution in [0.15, 0.2) is 42.6 Å². The Labute approximate surface area is 142 Å². The molecular formula is C19H21N5. The summed E-state index contributed by atoms with van der Waals surface area (Å²) in [4.78, 5) is 4.49. The molecule has 5 nitrogen and oxygen atoms in total. The molecule has 0 unspecified atom stereocenters. The number of aromatic nitrogens is 3. The van der Waals surface area contributed by atoms with Gasteiger partial charge in [0.15, 0.2) is 5.82 Å².